The van der Waals surface area contributed by atoms with Crippen LogP contribution in [-0.2, 0) is 51.7 Å². The standard InChI is InChI=1S/C32H35N3O11S/c36-28-27(32-44-18-23(46-32)30(28)42-16-20-11-5-2-6-12-20)33-25-26(34-47(39,40)24-14-8-7-13-21(24)35(37)38)31-43-17-22(45-31)29(25)41-15-19-9-3-1-4-10-19/h1-14,22-23,25-34,36H,15-18H2/t22-,23-,25-,26-,27-,28-,29-,30-,31-,32-/m1/s1. The van der Waals surface area contributed by atoms with E-state index in [9.17, 15) is 23.6 Å². The SMILES string of the molecule is O=[N+]([O-])c1ccccc1S(=O)(=O)N[C@H]1[C@@H]2OC[C@@H](O2)[C@@H](OCc2ccccc2)[C@@H]1N[C@H]1[C@@H]2OC[C@@H](O2)[C@@H](OCc2ccccc2)[C@@H]1O. The van der Waals surface area contributed by atoms with E-state index in [1.807, 2.05) is 60.7 Å². The molecular formula is C32H35N3O11S. The third-order valence-corrected chi connectivity index (χ3v) is 10.3. The number of aliphatic hydroxyl groups excluding tert-OH is 1. The summed E-state index contributed by atoms with van der Waals surface area (Å²) in [6.07, 6.45) is -5.69. The lowest BCUT2D eigenvalue weighted by Crippen LogP contribution is -2.71. The smallest absolute Gasteiger partial charge is 0.289 e. The molecule has 4 aliphatic heterocycles. The largest absolute Gasteiger partial charge is 0.388 e. The molecule has 15 heteroatoms. The number of nitrogens with one attached hydrogen (secondary N) is 2. The lowest BCUT2D eigenvalue weighted by molar-refractivity contribution is -0.387. The molecule has 0 aromatic heterocycles. The van der Waals surface area contributed by atoms with Crippen LogP contribution in [0.25, 0.3) is 0 Å². The van der Waals surface area contributed by atoms with Crippen molar-refractivity contribution in [2.75, 3.05) is 13.2 Å². The van der Waals surface area contributed by atoms with Crippen LogP contribution in [0.5, 0.6) is 0 Å². The molecule has 0 unspecified atom stereocenters. The molecule has 4 saturated heterocycles. The number of aliphatic hydroxyl groups is 1. The van der Waals surface area contributed by atoms with Crippen LogP contribution < -0.4 is 10.0 Å². The zero-order valence-corrected chi connectivity index (χ0v) is 25.9. The summed E-state index contributed by atoms with van der Waals surface area (Å²) in [5.41, 5.74) is 1.21. The van der Waals surface area contributed by atoms with Crippen molar-refractivity contribution < 1.29 is 46.9 Å². The zero-order valence-electron chi connectivity index (χ0n) is 25.1. The molecular weight excluding hydrogens is 634 g/mol. The normalized spacial score (nSPS) is 33.1. The average Bonchev–Trinajstić information content (AvgIpc) is 3.72. The highest BCUT2D eigenvalue weighted by Crippen LogP contribution is 2.36. The molecule has 3 aromatic rings. The van der Waals surface area contributed by atoms with Gasteiger partial charge in [-0.2, -0.15) is 0 Å². The third-order valence-electron chi connectivity index (χ3n) is 8.83. The van der Waals surface area contributed by atoms with Crippen molar-refractivity contribution >= 4 is 15.7 Å². The van der Waals surface area contributed by atoms with Crippen LogP contribution in [0.15, 0.2) is 89.8 Å². The molecule has 0 radical (unpaired) electrons. The molecule has 4 bridgehead atoms. The second-order valence-electron chi connectivity index (χ2n) is 11.9. The number of nitro groups is 1. The number of fused-ring (bicyclic) bond motifs is 4. The summed E-state index contributed by atoms with van der Waals surface area (Å²) in [7, 11) is -4.50. The Morgan fingerprint density at radius 3 is 1.91 bits per heavy atom. The first-order valence-electron chi connectivity index (χ1n) is 15.3. The number of ether oxygens (including phenoxy) is 6. The van der Waals surface area contributed by atoms with E-state index in [-0.39, 0.29) is 26.4 Å². The van der Waals surface area contributed by atoms with E-state index in [0.717, 1.165) is 23.3 Å². The third kappa shape index (κ3) is 6.69. The number of rotatable bonds is 12. The summed E-state index contributed by atoms with van der Waals surface area (Å²) >= 11 is 0. The highest BCUT2D eigenvalue weighted by molar-refractivity contribution is 7.89. The van der Waals surface area contributed by atoms with Gasteiger partial charge in [0.2, 0.25) is 10.0 Å². The van der Waals surface area contributed by atoms with Crippen molar-refractivity contribution in [2.45, 2.75) is 79.3 Å². The van der Waals surface area contributed by atoms with Gasteiger partial charge in [-0.05, 0) is 17.2 Å². The molecule has 0 aliphatic carbocycles. The summed E-state index contributed by atoms with van der Waals surface area (Å²) in [5.74, 6) is 0. The van der Waals surface area contributed by atoms with Crippen LogP contribution in [0.3, 0.4) is 0 Å². The van der Waals surface area contributed by atoms with Gasteiger partial charge in [-0.3, -0.25) is 10.1 Å². The Kier molecular flexibility index (Phi) is 9.35. The number of hydrogen-bond donors (Lipinski definition) is 3. The van der Waals surface area contributed by atoms with Gasteiger partial charge in [-0.25, -0.2) is 13.1 Å². The lowest BCUT2D eigenvalue weighted by Gasteiger charge is -2.46. The lowest BCUT2D eigenvalue weighted by atomic mass is 9.92. The Hall–Kier alpha value is -3.35. The number of hydrogen-bond acceptors (Lipinski definition) is 12. The fourth-order valence-corrected chi connectivity index (χ4v) is 7.97. The fraction of sp³-hybridized carbons (Fsp3) is 0.438. The summed E-state index contributed by atoms with van der Waals surface area (Å²) in [4.78, 5) is 10.5. The van der Waals surface area contributed by atoms with Crippen molar-refractivity contribution in [3.05, 3.63) is 106 Å². The average molecular weight is 670 g/mol. The number of para-hydroxylation sites is 1. The molecule has 10 atom stereocenters. The molecule has 7 rings (SSSR count). The van der Waals surface area contributed by atoms with Gasteiger partial charge in [0.15, 0.2) is 17.5 Å². The molecule has 0 spiro atoms. The topological polar surface area (TPSA) is 177 Å². The first-order chi connectivity index (χ1) is 22.8. The minimum Gasteiger partial charge on any atom is -0.388 e. The summed E-state index contributed by atoms with van der Waals surface area (Å²) in [5, 5.41) is 26.8. The zero-order chi connectivity index (χ0) is 32.5. The second-order valence-corrected chi connectivity index (χ2v) is 13.5. The van der Waals surface area contributed by atoms with Crippen molar-refractivity contribution in [1.82, 2.24) is 10.0 Å². The van der Waals surface area contributed by atoms with Crippen molar-refractivity contribution in [3.8, 4) is 0 Å². The van der Waals surface area contributed by atoms with E-state index in [4.69, 9.17) is 28.4 Å². The first kappa shape index (κ1) is 32.2. The molecule has 14 nitrogen and oxygen atoms in total. The van der Waals surface area contributed by atoms with Crippen molar-refractivity contribution in [1.29, 1.82) is 0 Å². The highest BCUT2D eigenvalue weighted by atomic mass is 32.2. The quantitative estimate of drug-likeness (QED) is 0.188. The van der Waals surface area contributed by atoms with Gasteiger partial charge in [-0.15, -0.1) is 0 Å². The molecule has 4 fully saturated rings. The van der Waals surface area contributed by atoms with Gasteiger partial charge < -0.3 is 38.8 Å². The maximum absolute atomic E-state index is 13.8. The fourth-order valence-electron chi connectivity index (χ4n) is 6.55. The van der Waals surface area contributed by atoms with Crippen LogP contribution in [0.1, 0.15) is 11.1 Å². The van der Waals surface area contributed by atoms with E-state index < -0.39 is 86.8 Å². The molecule has 47 heavy (non-hydrogen) atoms. The Morgan fingerprint density at radius 1 is 0.766 bits per heavy atom. The van der Waals surface area contributed by atoms with Crippen molar-refractivity contribution in [2.24, 2.45) is 0 Å². The van der Waals surface area contributed by atoms with Crippen LogP contribution in [0.4, 0.5) is 5.69 Å². The molecule has 250 valence electrons. The number of benzene rings is 3. The Morgan fingerprint density at radius 2 is 1.30 bits per heavy atom. The Labute approximate surface area is 271 Å². The monoisotopic (exact) mass is 669 g/mol. The van der Waals surface area contributed by atoms with Crippen molar-refractivity contribution in [3.63, 3.8) is 0 Å². The Balaban J connectivity index is 1.19. The van der Waals surface area contributed by atoms with Gasteiger partial charge in [0, 0.05) is 6.07 Å². The number of sulfonamides is 1. The molecule has 0 saturated carbocycles. The second kappa shape index (κ2) is 13.6. The first-order valence-corrected chi connectivity index (χ1v) is 16.8. The van der Waals surface area contributed by atoms with Crippen LogP contribution in [0, 0.1) is 10.1 Å². The molecule has 3 N–H and O–H groups in total. The van der Waals surface area contributed by atoms with E-state index in [0.29, 0.717) is 0 Å². The summed E-state index contributed by atoms with van der Waals surface area (Å²) in [6, 6.07) is 21.1. The highest BCUT2D eigenvalue weighted by Gasteiger charge is 2.57. The van der Waals surface area contributed by atoms with Crippen LogP contribution in [0.2, 0.25) is 0 Å². The summed E-state index contributed by atoms with van der Waals surface area (Å²) < 4.78 is 66.7. The van der Waals surface area contributed by atoms with E-state index in [1.54, 1.807) is 0 Å². The van der Waals surface area contributed by atoms with Gasteiger partial charge >= 0.3 is 0 Å². The minimum absolute atomic E-state index is 0.112. The maximum atomic E-state index is 13.8. The Bertz CT molecular complexity index is 1650. The molecule has 0 amide bonds. The van der Waals surface area contributed by atoms with Gasteiger partial charge in [0.05, 0.1) is 49.5 Å². The van der Waals surface area contributed by atoms with Gasteiger partial charge in [0.25, 0.3) is 5.69 Å². The summed E-state index contributed by atoms with van der Waals surface area (Å²) in [6.45, 7) is 0.715. The predicted molar refractivity (Wildman–Crippen MR) is 163 cm³/mol. The molecule has 4 aliphatic rings. The van der Waals surface area contributed by atoms with E-state index in [1.165, 1.54) is 12.1 Å². The van der Waals surface area contributed by atoms with Crippen LogP contribution >= 0.6 is 0 Å². The number of nitrogens with zero attached hydrogens (tertiary/aromatic N) is 1. The van der Waals surface area contributed by atoms with E-state index >= 15 is 0 Å². The van der Waals surface area contributed by atoms with Gasteiger partial charge in [0.1, 0.15) is 30.5 Å². The minimum atomic E-state index is -4.50. The molecule has 3 aromatic carbocycles. The van der Waals surface area contributed by atoms with Crippen LogP contribution in [-0.4, -0.2) is 92.9 Å². The van der Waals surface area contributed by atoms with Gasteiger partial charge in [-0.1, -0.05) is 72.8 Å². The maximum Gasteiger partial charge on any atom is 0.289 e. The molecule has 4 heterocycles. The predicted octanol–water partition coefficient (Wildman–Crippen LogP) is 1.61. The van der Waals surface area contributed by atoms with E-state index in [2.05, 4.69) is 10.0 Å². The number of nitro benzene ring substituents is 1.